The molecule has 4 atom stereocenters. The van der Waals surface area contributed by atoms with E-state index in [0.717, 1.165) is 0 Å². The Morgan fingerprint density at radius 3 is 2.27 bits per heavy atom. The first-order chi connectivity index (χ1) is 15.6. The van der Waals surface area contributed by atoms with E-state index in [-0.39, 0.29) is 24.5 Å². The van der Waals surface area contributed by atoms with E-state index in [2.05, 4.69) is 38.5 Å². The molecule has 1 heterocycles. The Labute approximate surface area is 198 Å². The number of aliphatic carboxylic acids is 1. The predicted molar refractivity (Wildman–Crippen MR) is 125 cm³/mol. The first-order valence-corrected chi connectivity index (χ1v) is 11.4. The van der Waals surface area contributed by atoms with Crippen molar-refractivity contribution >= 4 is 36.3 Å². The van der Waals surface area contributed by atoms with Crippen molar-refractivity contribution in [2.75, 3.05) is 12.3 Å². The van der Waals surface area contributed by atoms with Crippen LogP contribution < -0.4 is 27.4 Å². The zero-order valence-corrected chi connectivity index (χ0v) is 19.8. The van der Waals surface area contributed by atoms with E-state index in [9.17, 15) is 24.3 Å². The lowest BCUT2D eigenvalue weighted by atomic mass is 10.0. The number of aromatic amines is 1. The van der Waals surface area contributed by atoms with Crippen molar-refractivity contribution in [2.24, 2.45) is 17.4 Å². The summed E-state index contributed by atoms with van der Waals surface area (Å²) in [6.07, 6.45) is 4.67. The van der Waals surface area contributed by atoms with Gasteiger partial charge >= 0.3 is 5.97 Å². The minimum atomic E-state index is -1.23. The molecule has 0 radical (unpaired) electrons. The van der Waals surface area contributed by atoms with Gasteiger partial charge in [0.1, 0.15) is 18.1 Å². The number of carboxylic acid groups (broad SMARTS) is 1. The van der Waals surface area contributed by atoms with Crippen molar-refractivity contribution in [1.29, 1.82) is 0 Å². The number of amides is 3. The summed E-state index contributed by atoms with van der Waals surface area (Å²) in [5.41, 5.74) is 12.1. The van der Waals surface area contributed by atoms with Crippen LogP contribution in [0.5, 0.6) is 0 Å². The number of carbonyl (C=O) groups is 4. The zero-order valence-electron chi connectivity index (χ0n) is 18.9. The molecule has 0 spiro atoms. The van der Waals surface area contributed by atoms with Gasteiger partial charge in [-0.05, 0) is 31.7 Å². The summed E-state index contributed by atoms with van der Waals surface area (Å²) in [6.45, 7) is 3.90. The number of hydrogen-bond acceptors (Lipinski definition) is 8. The van der Waals surface area contributed by atoms with E-state index < -0.39 is 47.9 Å². The first kappa shape index (κ1) is 28.4. The lowest BCUT2D eigenvalue weighted by molar-refractivity contribution is -0.141. The van der Waals surface area contributed by atoms with Crippen LogP contribution in [0, 0.1) is 5.92 Å². The molecule has 0 aliphatic carbocycles. The molecule has 0 aliphatic heterocycles. The highest BCUT2D eigenvalue weighted by molar-refractivity contribution is 7.80. The smallest absolute Gasteiger partial charge is 0.327 e. The molecule has 0 saturated heterocycles. The van der Waals surface area contributed by atoms with Crippen LogP contribution in [0.2, 0.25) is 0 Å². The molecule has 3 amide bonds. The molecule has 1 aromatic heterocycles. The highest BCUT2D eigenvalue weighted by atomic mass is 32.1. The van der Waals surface area contributed by atoms with Gasteiger partial charge < -0.3 is 37.5 Å². The van der Waals surface area contributed by atoms with Crippen molar-refractivity contribution in [1.82, 2.24) is 25.9 Å². The molecule has 33 heavy (non-hydrogen) atoms. The summed E-state index contributed by atoms with van der Waals surface area (Å²) in [5.74, 6) is -3.38. The summed E-state index contributed by atoms with van der Waals surface area (Å²) >= 11 is 3.94. The molecule has 0 aliphatic rings. The van der Waals surface area contributed by atoms with Gasteiger partial charge in [0.15, 0.2) is 0 Å². The number of nitrogens with two attached hydrogens (primary N) is 2. The Bertz CT molecular complexity index is 775. The molecule has 186 valence electrons. The monoisotopic (exact) mass is 485 g/mol. The number of rotatable bonds is 15. The molecule has 0 aromatic carbocycles. The van der Waals surface area contributed by atoms with E-state index in [0.29, 0.717) is 25.1 Å². The largest absolute Gasteiger partial charge is 0.480 e. The molecule has 4 unspecified atom stereocenters. The molecular weight excluding hydrogens is 450 g/mol. The Hall–Kier alpha value is -2.64. The van der Waals surface area contributed by atoms with Crippen LogP contribution in [0.15, 0.2) is 12.5 Å². The van der Waals surface area contributed by atoms with Crippen molar-refractivity contribution in [3.8, 4) is 0 Å². The van der Waals surface area contributed by atoms with Gasteiger partial charge in [-0.25, -0.2) is 9.78 Å². The average Bonchev–Trinajstić information content (AvgIpc) is 3.27. The second kappa shape index (κ2) is 14.5. The number of carboxylic acids is 1. The Kier molecular flexibility index (Phi) is 12.5. The van der Waals surface area contributed by atoms with Crippen LogP contribution in [0.3, 0.4) is 0 Å². The third-order valence-corrected chi connectivity index (χ3v) is 5.32. The highest BCUT2D eigenvalue weighted by Crippen LogP contribution is 2.07. The number of unbranched alkanes of at least 4 members (excludes halogenated alkanes) is 1. The van der Waals surface area contributed by atoms with Crippen LogP contribution in [-0.4, -0.2) is 75.2 Å². The Morgan fingerprint density at radius 1 is 1.09 bits per heavy atom. The van der Waals surface area contributed by atoms with Crippen LogP contribution in [0.4, 0.5) is 0 Å². The van der Waals surface area contributed by atoms with Crippen LogP contribution >= 0.6 is 12.6 Å². The second-order valence-electron chi connectivity index (χ2n) is 8.05. The normalized spacial score (nSPS) is 14.7. The maximum atomic E-state index is 13.0. The van der Waals surface area contributed by atoms with Crippen molar-refractivity contribution in [3.63, 3.8) is 0 Å². The SMILES string of the molecule is CC(C)C(NC(=O)C(N)Cc1cnc[nH]1)C(=O)NC(CCCCN)C(=O)NC(CS)C(=O)O. The number of thiol groups is 1. The molecule has 1 aromatic rings. The topological polar surface area (TPSA) is 205 Å². The number of imidazole rings is 1. The fourth-order valence-corrected chi connectivity index (χ4v) is 3.25. The number of H-pyrrole nitrogens is 1. The van der Waals surface area contributed by atoms with Gasteiger partial charge in [-0.2, -0.15) is 12.6 Å². The van der Waals surface area contributed by atoms with Gasteiger partial charge in [-0.15, -0.1) is 0 Å². The van der Waals surface area contributed by atoms with Crippen LogP contribution in [-0.2, 0) is 25.6 Å². The number of aromatic nitrogens is 2. The number of carbonyl (C=O) groups excluding carboxylic acids is 3. The number of nitrogens with zero attached hydrogens (tertiary/aromatic N) is 1. The van der Waals surface area contributed by atoms with Crippen molar-refractivity contribution in [3.05, 3.63) is 18.2 Å². The maximum absolute atomic E-state index is 13.0. The molecule has 0 fully saturated rings. The summed E-state index contributed by atoms with van der Waals surface area (Å²) in [7, 11) is 0. The third-order valence-electron chi connectivity index (χ3n) is 4.96. The van der Waals surface area contributed by atoms with Gasteiger partial charge in [0.05, 0.1) is 12.4 Å². The van der Waals surface area contributed by atoms with Gasteiger partial charge in [-0.3, -0.25) is 14.4 Å². The second-order valence-corrected chi connectivity index (χ2v) is 8.41. The van der Waals surface area contributed by atoms with Gasteiger partial charge in [0, 0.05) is 24.1 Å². The first-order valence-electron chi connectivity index (χ1n) is 10.8. The third kappa shape index (κ3) is 9.80. The molecule has 9 N–H and O–H groups in total. The van der Waals surface area contributed by atoms with Crippen LogP contribution in [0.25, 0.3) is 0 Å². The van der Waals surface area contributed by atoms with Crippen molar-refractivity contribution < 1.29 is 24.3 Å². The quantitative estimate of drug-likeness (QED) is 0.108. The number of hydrogen-bond donors (Lipinski definition) is 8. The summed E-state index contributed by atoms with van der Waals surface area (Å²) < 4.78 is 0. The summed E-state index contributed by atoms with van der Waals surface area (Å²) in [5, 5.41) is 16.8. The van der Waals surface area contributed by atoms with Crippen LogP contribution in [0.1, 0.15) is 38.8 Å². The summed E-state index contributed by atoms with van der Waals surface area (Å²) in [6, 6.07) is -4.05. The Morgan fingerprint density at radius 2 is 1.76 bits per heavy atom. The van der Waals surface area contributed by atoms with E-state index in [4.69, 9.17) is 11.5 Å². The Balaban J connectivity index is 2.86. The van der Waals surface area contributed by atoms with E-state index in [1.165, 1.54) is 6.33 Å². The molecule has 0 saturated carbocycles. The molecule has 1 rings (SSSR count). The summed E-state index contributed by atoms with van der Waals surface area (Å²) in [4.78, 5) is 56.2. The standard InChI is InChI=1S/C20H35N7O5S/c1-11(2)16(27-17(28)13(22)7-12-8-23-10-24-12)19(30)25-14(5-3-4-6-21)18(29)26-15(9-33)20(31)32/h8,10-11,13-16,33H,3-7,9,21-22H2,1-2H3,(H,23,24)(H,25,30)(H,26,29)(H,27,28)(H,31,32). The lowest BCUT2D eigenvalue weighted by Gasteiger charge is -2.27. The highest BCUT2D eigenvalue weighted by Gasteiger charge is 2.31. The van der Waals surface area contributed by atoms with Gasteiger partial charge in [0.25, 0.3) is 0 Å². The molecule has 0 bridgehead atoms. The van der Waals surface area contributed by atoms with E-state index in [1.54, 1.807) is 20.0 Å². The minimum Gasteiger partial charge on any atom is -0.480 e. The minimum absolute atomic E-state index is 0.108. The number of nitrogens with one attached hydrogen (secondary N) is 4. The van der Waals surface area contributed by atoms with E-state index >= 15 is 0 Å². The average molecular weight is 486 g/mol. The van der Waals surface area contributed by atoms with E-state index in [1.807, 2.05) is 0 Å². The molecule has 12 nitrogen and oxygen atoms in total. The molecule has 13 heteroatoms. The van der Waals surface area contributed by atoms with Crippen molar-refractivity contribution in [2.45, 2.75) is 63.7 Å². The zero-order chi connectivity index (χ0) is 25.0. The fraction of sp³-hybridized carbons (Fsp3) is 0.650. The van der Waals surface area contributed by atoms with Gasteiger partial charge in [-0.1, -0.05) is 13.8 Å². The predicted octanol–water partition coefficient (Wildman–Crippen LogP) is -1.47. The van der Waals surface area contributed by atoms with Gasteiger partial charge in [0.2, 0.25) is 17.7 Å². The lowest BCUT2D eigenvalue weighted by Crippen LogP contribution is -2.58. The maximum Gasteiger partial charge on any atom is 0.327 e. The molecular formula is C20H35N7O5S. The fourth-order valence-electron chi connectivity index (χ4n) is 3.00.